The Labute approximate surface area is 306 Å². The van der Waals surface area contributed by atoms with Crippen molar-refractivity contribution in [2.24, 2.45) is 0 Å². The third-order valence-corrected chi connectivity index (χ3v) is 9.06. The average Bonchev–Trinajstić information content (AvgIpc) is 3.58. The SMILES string of the molecule is FC(F)(F)c1cc2cc(-c3ccc(Cl)cc3Cl)c(Cl)cc2[nH]1.FC(F)(F)c1cc2cc(Br)c(Cl)cc2[nH]1.OB(O)c1ccc(Cl)cc1Cl. The number of H-pyrrole nitrogens is 2. The molecular formula is C30H16BBrCl6F6N2O2. The van der Waals surface area contributed by atoms with Gasteiger partial charge in [-0.1, -0.05) is 81.7 Å². The Balaban J connectivity index is 0.000000174. The molecule has 4 N–H and O–H groups in total. The van der Waals surface area contributed by atoms with Crippen LogP contribution in [0.1, 0.15) is 11.4 Å². The van der Waals surface area contributed by atoms with Gasteiger partial charge in [-0.3, -0.25) is 0 Å². The molecule has 0 radical (unpaired) electrons. The molecule has 0 saturated carbocycles. The number of hydrogen-bond donors (Lipinski definition) is 4. The van der Waals surface area contributed by atoms with E-state index in [4.69, 9.17) is 79.7 Å². The summed E-state index contributed by atoms with van der Waals surface area (Å²) in [7, 11) is -1.54. The highest BCUT2D eigenvalue weighted by atomic mass is 79.9. The lowest BCUT2D eigenvalue weighted by Gasteiger charge is -2.08. The molecule has 18 heteroatoms. The van der Waals surface area contributed by atoms with Gasteiger partial charge >= 0.3 is 19.5 Å². The first-order chi connectivity index (χ1) is 22.2. The maximum absolute atomic E-state index is 12.8. The predicted molar refractivity (Wildman–Crippen MR) is 186 cm³/mol. The standard InChI is InChI=1S/C15H7Cl3F3N.C9H4BrClF3N.C6H5BCl2O2/c16-8-1-2-9(11(17)5-8)10-3-7-4-14(15(19,20)21)22-13(7)6-12(10)18;10-5-1-4-2-8(9(12,13)14)15-7(4)3-6(5)11;8-4-1-2-5(7(10)11)6(9)3-4/h1-6,22H;1-3,15H;1-3,10-11H. The molecule has 252 valence electrons. The summed E-state index contributed by atoms with van der Waals surface area (Å²) in [6, 6.07) is 17.4. The Morgan fingerprint density at radius 3 is 1.48 bits per heavy atom. The molecule has 0 aliphatic heterocycles. The highest BCUT2D eigenvalue weighted by Gasteiger charge is 2.33. The first-order valence-electron chi connectivity index (χ1n) is 13.0. The third kappa shape index (κ3) is 9.50. The van der Waals surface area contributed by atoms with E-state index in [1.165, 1.54) is 24.3 Å². The molecular weight excluding hydrogens is 838 g/mol. The van der Waals surface area contributed by atoms with E-state index in [0.29, 0.717) is 62.5 Å². The molecule has 0 aliphatic carbocycles. The third-order valence-electron chi connectivity index (χ3n) is 6.44. The second kappa shape index (κ2) is 15.3. The van der Waals surface area contributed by atoms with Crippen molar-refractivity contribution in [2.75, 3.05) is 0 Å². The maximum atomic E-state index is 12.8. The summed E-state index contributed by atoms with van der Waals surface area (Å²) in [5.41, 5.74) is 0.499. The van der Waals surface area contributed by atoms with Crippen LogP contribution in [0.15, 0.2) is 77.3 Å². The molecule has 48 heavy (non-hydrogen) atoms. The largest absolute Gasteiger partial charge is 0.489 e. The van der Waals surface area contributed by atoms with Crippen molar-refractivity contribution in [2.45, 2.75) is 12.4 Å². The molecule has 0 fully saturated rings. The van der Waals surface area contributed by atoms with Crippen LogP contribution in [-0.4, -0.2) is 27.1 Å². The monoisotopic (exact) mass is 850 g/mol. The minimum Gasteiger partial charge on any atom is -0.423 e. The van der Waals surface area contributed by atoms with Gasteiger partial charge in [0.05, 0.1) is 10.0 Å². The molecule has 2 heterocycles. The van der Waals surface area contributed by atoms with E-state index in [2.05, 4.69) is 25.9 Å². The van der Waals surface area contributed by atoms with Gasteiger partial charge in [0.1, 0.15) is 11.4 Å². The van der Waals surface area contributed by atoms with Crippen LogP contribution >= 0.6 is 85.5 Å². The van der Waals surface area contributed by atoms with E-state index in [9.17, 15) is 26.3 Å². The number of halogens is 13. The van der Waals surface area contributed by atoms with Gasteiger partial charge in [-0.15, -0.1) is 0 Å². The molecule has 0 atom stereocenters. The second-order valence-corrected chi connectivity index (χ2v) is 13.2. The molecule has 0 saturated heterocycles. The van der Waals surface area contributed by atoms with E-state index in [-0.39, 0.29) is 10.5 Å². The molecule has 0 amide bonds. The van der Waals surface area contributed by atoms with Gasteiger partial charge in [0.25, 0.3) is 0 Å². The van der Waals surface area contributed by atoms with E-state index < -0.39 is 30.9 Å². The quantitative estimate of drug-likeness (QED) is 0.103. The number of fused-ring (bicyclic) bond motifs is 2. The Bertz CT molecular complexity index is 2060. The molecule has 0 aliphatic rings. The Kier molecular flexibility index (Phi) is 12.3. The van der Waals surface area contributed by atoms with Crippen LogP contribution in [0.3, 0.4) is 0 Å². The van der Waals surface area contributed by atoms with Crippen LogP contribution in [0, 0.1) is 0 Å². The summed E-state index contributed by atoms with van der Waals surface area (Å²) in [5.74, 6) is 0. The first-order valence-corrected chi connectivity index (χ1v) is 16.0. The zero-order valence-electron chi connectivity index (χ0n) is 23.3. The van der Waals surface area contributed by atoms with Crippen LogP contribution in [0.25, 0.3) is 32.9 Å². The van der Waals surface area contributed by atoms with Crippen LogP contribution < -0.4 is 5.46 Å². The average molecular weight is 854 g/mol. The van der Waals surface area contributed by atoms with Crippen LogP contribution in [-0.2, 0) is 12.4 Å². The highest BCUT2D eigenvalue weighted by Crippen LogP contribution is 2.39. The molecule has 0 spiro atoms. The number of benzene rings is 4. The van der Waals surface area contributed by atoms with Gasteiger partial charge in [0, 0.05) is 63.0 Å². The van der Waals surface area contributed by atoms with Gasteiger partial charge in [-0.25, -0.2) is 0 Å². The summed E-state index contributed by atoms with van der Waals surface area (Å²) in [4.78, 5) is 4.59. The Morgan fingerprint density at radius 1 is 0.542 bits per heavy atom. The van der Waals surface area contributed by atoms with Gasteiger partial charge in [-0.2, -0.15) is 26.3 Å². The number of aromatic nitrogens is 2. The predicted octanol–water partition coefficient (Wildman–Crippen LogP) is 12.1. The fraction of sp³-hybridized carbons (Fsp3) is 0.0667. The van der Waals surface area contributed by atoms with Crippen molar-refractivity contribution in [1.82, 2.24) is 9.97 Å². The van der Waals surface area contributed by atoms with Crippen molar-refractivity contribution in [3.8, 4) is 11.1 Å². The van der Waals surface area contributed by atoms with Gasteiger partial charge < -0.3 is 20.0 Å². The van der Waals surface area contributed by atoms with E-state index in [1.807, 2.05) is 0 Å². The molecule has 0 unspecified atom stereocenters. The molecule has 2 aromatic heterocycles. The van der Waals surface area contributed by atoms with Gasteiger partial charge in [0.2, 0.25) is 0 Å². The fourth-order valence-corrected chi connectivity index (χ4v) is 6.02. The molecule has 6 aromatic rings. The summed E-state index contributed by atoms with van der Waals surface area (Å²) in [5, 5.41) is 20.6. The van der Waals surface area contributed by atoms with Gasteiger partial charge in [-0.05, 0) is 76.6 Å². The summed E-state index contributed by atoms with van der Waals surface area (Å²) in [6.07, 6.45) is -8.80. The zero-order valence-corrected chi connectivity index (χ0v) is 29.4. The number of hydrogen-bond acceptors (Lipinski definition) is 2. The number of rotatable bonds is 2. The van der Waals surface area contributed by atoms with Crippen LogP contribution in [0.4, 0.5) is 26.3 Å². The highest BCUT2D eigenvalue weighted by molar-refractivity contribution is 9.10. The van der Waals surface area contributed by atoms with Crippen LogP contribution in [0.5, 0.6) is 0 Å². The van der Waals surface area contributed by atoms with Crippen molar-refractivity contribution < 1.29 is 36.4 Å². The fourth-order valence-electron chi connectivity index (χ4n) is 4.21. The molecule has 4 aromatic carbocycles. The minimum absolute atomic E-state index is 0.257. The van der Waals surface area contributed by atoms with E-state index in [0.717, 1.165) is 12.1 Å². The smallest absolute Gasteiger partial charge is 0.423 e. The lowest BCUT2D eigenvalue weighted by Crippen LogP contribution is -2.30. The zero-order chi connectivity index (χ0) is 35.7. The number of nitrogens with one attached hydrogen (secondary N) is 2. The topological polar surface area (TPSA) is 72.0 Å². The van der Waals surface area contributed by atoms with Crippen molar-refractivity contribution in [3.05, 3.63) is 119 Å². The Morgan fingerprint density at radius 2 is 1.00 bits per heavy atom. The normalized spacial score (nSPS) is 11.6. The first kappa shape index (κ1) is 38.5. The summed E-state index contributed by atoms with van der Waals surface area (Å²) in [6.45, 7) is 0. The number of alkyl halides is 6. The molecule has 0 bridgehead atoms. The summed E-state index contributed by atoms with van der Waals surface area (Å²) < 4.78 is 75.9. The maximum Gasteiger partial charge on any atom is 0.489 e. The van der Waals surface area contributed by atoms with E-state index >= 15 is 0 Å². The number of aromatic amines is 2. The lowest BCUT2D eigenvalue weighted by molar-refractivity contribution is -0.141. The van der Waals surface area contributed by atoms with Crippen molar-refractivity contribution >= 4 is 120 Å². The van der Waals surface area contributed by atoms with Crippen LogP contribution in [0.2, 0.25) is 30.1 Å². The van der Waals surface area contributed by atoms with Crippen molar-refractivity contribution in [3.63, 3.8) is 0 Å². The van der Waals surface area contributed by atoms with Gasteiger partial charge in [0.15, 0.2) is 0 Å². The minimum atomic E-state index is -4.44. The summed E-state index contributed by atoms with van der Waals surface area (Å²) >= 11 is 38.3. The van der Waals surface area contributed by atoms with Crippen molar-refractivity contribution in [1.29, 1.82) is 0 Å². The second-order valence-electron chi connectivity index (χ2n) is 9.80. The Hall–Kier alpha value is -2.26. The van der Waals surface area contributed by atoms with E-state index in [1.54, 1.807) is 36.4 Å². The molecule has 6 rings (SSSR count). The molecule has 4 nitrogen and oxygen atoms in total. The lowest BCUT2D eigenvalue weighted by atomic mass is 9.80.